The molecule has 4 nitrogen and oxygen atoms in total. The second-order valence-corrected chi connectivity index (χ2v) is 4.48. The van der Waals surface area contributed by atoms with Crippen molar-refractivity contribution in [2.24, 2.45) is 5.92 Å². The molecular weight excluding hydrogens is 226 g/mol. The van der Waals surface area contributed by atoms with Crippen LogP contribution >= 0.6 is 0 Å². The molecule has 1 aromatic carbocycles. The summed E-state index contributed by atoms with van der Waals surface area (Å²) in [5.74, 6) is 0.0118. The first-order chi connectivity index (χ1) is 8.70. The molecule has 0 saturated heterocycles. The summed E-state index contributed by atoms with van der Waals surface area (Å²) in [6.07, 6.45) is 1.89. The fraction of sp³-hybridized carbons (Fsp3) is 0.357. The van der Waals surface area contributed by atoms with Crippen molar-refractivity contribution >= 4 is 22.5 Å². The second kappa shape index (κ2) is 5.69. The number of anilines is 1. The van der Waals surface area contributed by atoms with E-state index in [1.165, 1.54) is 0 Å². The van der Waals surface area contributed by atoms with Crippen molar-refractivity contribution in [1.29, 1.82) is 0 Å². The molecule has 96 valence electrons. The lowest BCUT2D eigenvalue weighted by Crippen LogP contribution is -2.30. The Morgan fingerprint density at radius 2 is 2.22 bits per heavy atom. The molecule has 1 heterocycles. The van der Waals surface area contributed by atoms with Gasteiger partial charge in [0.05, 0.1) is 0 Å². The van der Waals surface area contributed by atoms with Crippen LogP contribution in [0, 0.1) is 5.92 Å². The Labute approximate surface area is 107 Å². The first-order valence-corrected chi connectivity index (χ1v) is 6.29. The van der Waals surface area contributed by atoms with E-state index in [9.17, 15) is 4.79 Å². The third-order valence-corrected chi connectivity index (χ3v) is 2.97. The highest BCUT2D eigenvalue weighted by molar-refractivity contribution is 5.95. The molecule has 1 unspecified atom stereocenters. The van der Waals surface area contributed by atoms with Crippen LogP contribution in [0.25, 0.3) is 10.9 Å². The average molecular weight is 245 g/mol. The van der Waals surface area contributed by atoms with Gasteiger partial charge in [-0.2, -0.15) is 0 Å². The number of hydrogen-bond acceptors (Lipinski definition) is 2. The molecule has 0 radical (unpaired) electrons. The summed E-state index contributed by atoms with van der Waals surface area (Å²) in [5.41, 5.74) is 1.92. The van der Waals surface area contributed by atoms with Gasteiger partial charge in [-0.3, -0.25) is 4.79 Å². The summed E-state index contributed by atoms with van der Waals surface area (Å²) in [6.45, 7) is 5.54. The molecule has 0 saturated carbocycles. The van der Waals surface area contributed by atoms with Crippen LogP contribution in [0.3, 0.4) is 0 Å². The number of benzene rings is 1. The maximum Gasteiger partial charge on any atom is 0.228 e. The summed E-state index contributed by atoms with van der Waals surface area (Å²) in [5, 5.41) is 7.22. The topological polar surface area (TPSA) is 56.9 Å². The van der Waals surface area contributed by atoms with Gasteiger partial charge in [-0.25, -0.2) is 0 Å². The van der Waals surface area contributed by atoms with Crippen LogP contribution in [0.1, 0.15) is 13.8 Å². The number of amides is 1. The number of fused-ring (bicyclic) bond motifs is 1. The molecule has 0 bridgehead atoms. The molecule has 0 aliphatic heterocycles. The zero-order chi connectivity index (χ0) is 13.0. The van der Waals surface area contributed by atoms with Gasteiger partial charge >= 0.3 is 0 Å². The Hall–Kier alpha value is -1.81. The number of hydrogen-bond donors (Lipinski definition) is 3. The predicted molar refractivity (Wildman–Crippen MR) is 74.6 cm³/mol. The van der Waals surface area contributed by atoms with Crippen molar-refractivity contribution in [2.45, 2.75) is 13.8 Å². The third-order valence-electron chi connectivity index (χ3n) is 2.97. The molecule has 0 spiro atoms. The molecular formula is C14H19N3O. The monoisotopic (exact) mass is 245 g/mol. The van der Waals surface area contributed by atoms with Crippen molar-refractivity contribution in [3.05, 3.63) is 30.5 Å². The van der Waals surface area contributed by atoms with Gasteiger partial charge in [-0.15, -0.1) is 0 Å². The van der Waals surface area contributed by atoms with E-state index in [1.807, 2.05) is 44.3 Å². The van der Waals surface area contributed by atoms with Crippen molar-refractivity contribution in [3.8, 4) is 0 Å². The number of carbonyl (C=O) groups excluding carboxylic acids is 1. The minimum absolute atomic E-state index is 0.0353. The first-order valence-electron chi connectivity index (χ1n) is 6.29. The SMILES string of the molecule is CCNCC(C)C(=O)Nc1ccc2[nH]ccc2c1. The van der Waals surface area contributed by atoms with Gasteiger partial charge < -0.3 is 15.6 Å². The Morgan fingerprint density at radius 1 is 1.39 bits per heavy atom. The lowest BCUT2D eigenvalue weighted by Gasteiger charge is -2.12. The lowest BCUT2D eigenvalue weighted by molar-refractivity contribution is -0.119. The highest BCUT2D eigenvalue weighted by Crippen LogP contribution is 2.18. The Kier molecular flexibility index (Phi) is 3.99. The van der Waals surface area contributed by atoms with E-state index in [2.05, 4.69) is 15.6 Å². The Morgan fingerprint density at radius 3 is 3.00 bits per heavy atom. The van der Waals surface area contributed by atoms with Crippen LogP contribution in [0.2, 0.25) is 0 Å². The van der Waals surface area contributed by atoms with Crippen LogP contribution in [-0.4, -0.2) is 24.0 Å². The van der Waals surface area contributed by atoms with Crippen molar-refractivity contribution < 1.29 is 4.79 Å². The molecule has 3 N–H and O–H groups in total. The van der Waals surface area contributed by atoms with Gasteiger partial charge in [0.1, 0.15) is 0 Å². The van der Waals surface area contributed by atoms with Crippen LogP contribution in [0.4, 0.5) is 5.69 Å². The van der Waals surface area contributed by atoms with Crippen molar-refractivity contribution in [3.63, 3.8) is 0 Å². The quantitative estimate of drug-likeness (QED) is 0.757. The molecule has 4 heteroatoms. The first kappa shape index (κ1) is 12.6. The van der Waals surface area contributed by atoms with Crippen LogP contribution < -0.4 is 10.6 Å². The Bertz CT molecular complexity index is 533. The van der Waals surface area contributed by atoms with Gasteiger partial charge in [-0.1, -0.05) is 13.8 Å². The lowest BCUT2D eigenvalue weighted by atomic mass is 10.1. The maximum absolute atomic E-state index is 11.9. The van der Waals surface area contributed by atoms with Gasteiger partial charge in [-0.05, 0) is 30.8 Å². The highest BCUT2D eigenvalue weighted by atomic mass is 16.1. The largest absolute Gasteiger partial charge is 0.361 e. The molecule has 1 aromatic heterocycles. The molecule has 18 heavy (non-hydrogen) atoms. The number of aromatic nitrogens is 1. The third kappa shape index (κ3) is 2.90. The number of H-pyrrole nitrogens is 1. The summed E-state index contributed by atoms with van der Waals surface area (Å²) >= 11 is 0. The molecule has 1 atom stereocenters. The average Bonchev–Trinajstić information content (AvgIpc) is 2.83. The van der Waals surface area contributed by atoms with E-state index in [4.69, 9.17) is 0 Å². The molecule has 2 aromatic rings. The minimum atomic E-state index is -0.0353. The molecule has 0 fully saturated rings. The summed E-state index contributed by atoms with van der Waals surface area (Å²) in [4.78, 5) is 15.1. The molecule has 2 rings (SSSR count). The number of nitrogens with one attached hydrogen (secondary N) is 3. The summed E-state index contributed by atoms with van der Waals surface area (Å²) in [6, 6.07) is 7.85. The van der Waals surface area contributed by atoms with Gasteiger partial charge in [0.2, 0.25) is 5.91 Å². The fourth-order valence-corrected chi connectivity index (χ4v) is 1.85. The zero-order valence-corrected chi connectivity index (χ0v) is 10.8. The summed E-state index contributed by atoms with van der Waals surface area (Å²) < 4.78 is 0. The van der Waals surface area contributed by atoms with E-state index in [0.717, 1.165) is 23.1 Å². The van der Waals surface area contributed by atoms with E-state index >= 15 is 0 Å². The molecule has 0 aliphatic rings. The van der Waals surface area contributed by atoms with Crippen LogP contribution in [0.5, 0.6) is 0 Å². The van der Waals surface area contributed by atoms with Gasteiger partial charge in [0, 0.05) is 35.2 Å². The standard InChI is InChI=1S/C14H19N3O/c1-3-15-9-10(2)14(18)17-12-4-5-13-11(8-12)6-7-16-13/h4-8,10,15-16H,3,9H2,1-2H3,(H,17,18). The van der Waals surface area contributed by atoms with Crippen molar-refractivity contribution in [2.75, 3.05) is 18.4 Å². The zero-order valence-electron chi connectivity index (χ0n) is 10.8. The second-order valence-electron chi connectivity index (χ2n) is 4.48. The Balaban J connectivity index is 2.01. The van der Waals surface area contributed by atoms with Gasteiger partial charge in [0.15, 0.2) is 0 Å². The minimum Gasteiger partial charge on any atom is -0.361 e. The molecule has 1 amide bonds. The normalized spacial score (nSPS) is 12.6. The van der Waals surface area contributed by atoms with E-state index in [0.29, 0.717) is 6.54 Å². The van der Waals surface area contributed by atoms with Crippen molar-refractivity contribution in [1.82, 2.24) is 10.3 Å². The fourth-order valence-electron chi connectivity index (χ4n) is 1.85. The number of rotatable bonds is 5. The van der Waals surface area contributed by atoms with E-state index in [1.54, 1.807) is 0 Å². The van der Waals surface area contributed by atoms with Crippen LogP contribution in [-0.2, 0) is 4.79 Å². The highest BCUT2D eigenvalue weighted by Gasteiger charge is 2.12. The number of carbonyl (C=O) groups is 1. The van der Waals surface area contributed by atoms with Gasteiger partial charge in [0.25, 0.3) is 0 Å². The van der Waals surface area contributed by atoms with Crippen LogP contribution in [0.15, 0.2) is 30.5 Å². The molecule has 0 aliphatic carbocycles. The van der Waals surface area contributed by atoms with E-state index in [-0.39, 0.29) is 11.8 Å². The number of aromatic amines is 1. The predicted octanol–water partition coefficient (Wildman–Crippen LogP) is 2.35. The maximum atomic E-state index is 11.9. The smallest absolute Gasteiger partial charge is 0.228 e. The summed E-state index contributed by atoms with van der Waals surface area (Å²) in [7, 11) is 0. The van der Waals surface area contributed by atoms with E-state index < -0.39 is 0 Å².